The van der Waals surface area contributed by atoms with Gasteiger partial charge in [-0.15, -0.1) is 0 Å². The monoisotopic (exact) mass is 357 g/mol. The molecule has 0 radical (unpaired) electrons. The lowest BCUT2D eigenvalue weighted by atomic mass is 9.81. The van der Waals surface area contributed by atoms with Gasteiger partial charge in [-0.1, -0.05) is 18.2 Å². The van der Waals surface area contributed by atoms with Crippen molar-refractivity contribution in [2.45, 2.75) is 18.9 Å². The Hall–Kier alpha value is -1.92. The van der Waals surface area contributed by atoms with Crippen molar-refractivity contribution < 1.29 is 14.7 Å². The summed E-state index contributed by atoms with van der Waals surface area (Å²) in [5.74, 6) is -0.328. The van der Waals surface area contributed by atoms with Gasteiger partial charge in [-0.25, -0.2) is 0 Å². The summed E-state index contributed by atoms with van der Waals surface area (Å²) in [6, 6.07) is 9.83. The Morgan fingerprint density at radius 2 is 1.77 bits per heavy atom. The highest BCUT2D eigenvalue weighted by Crippen LogP contribution is 2.43. The molecular formula is C20H27N3O3. The topological polar surface area (TPSA) is 64.1 Å². The van der Waals surface area contributed by atoms with Gasteiger partial charge < -0.3 is 14.9 Å². The molecule has 1 amide bonds. The highest BCUT2D eigenvalue weighted by atomic mass is 16.4. The van der Waals surface area contributed by atoms with Gasteiger partial charge in [-0.05, 0) is 32.0 Å². The molecule has 140 valence electrons. The van der Waals surface area contributed by atoms with E-state index in [1.807, 2.05) is 42.3 Å². The summed E-state index contributed by atoms with van der Waals surface area (Å²) in [6.45, 7) is 4.53. The number of carbonyl (C=O) groups is 2. The second-order valence-corrected chi connectivity index (χ2v) is 8.17. The Morgan fingerprint density at radius 1 is 1.08 bits per heavy atom. The second kappa shape index (κ2) is 6.67. The maximum atomic E-state index is 12.6. The van der Waals surface area contributed by atoms with Crippen molar-refractivity contribution in [3.8, 4) is 0 Å². The first-order chi connectivity index (χ1) is 12.5. The molecule has 3 aliphatic heterocycles. The third-order valence-electron chi connectivity index (χ3n) is 6.52. The average Bonchev–Trinajstić information content (AvgIpc) is 3.16. The van der Waals surface area contributed by atoms with Crippen LogP contribution >= 0.6 is 0 Å². The van der Waals surface area contributed by atoms with Crippen LogP contribution in [0.3, 0.4) is 0 Å². The summed E-state index contributed by atoms with van der Waals surface area (Å²) in [7, 11) is 2.01. The van der Waals surface area contributed by atoms with E-state index in [1.54, 1.807) is 0 Å². The molecular weight excluding hydrogens is 330 g/mol. The first kappa shape index (κ1) is 17.5. The lowest BCUT2D eigenvalue weighted by molar-refractivity contribution is -0.149. The molecule has 2 atom stereocenters. The van der Waals surface area contributed by atoms with Crippen LogP contribution in [0.4, 0.5) is 0 Å². The number of nitrogens with zero attached hydrogens (tertiary/aromatic N) is 3. The number of carbonyl (C=O) groups excluding carboxylic acids is 1. The zero-order valence-corrected chi connectivity index (χ0v) is 15.3. The van der Waals surface area contributed by atoms with E-state index in [9.17, 15) is 14.7 Å². The van der Waals surface area contributed by atoms with E-state index in [4.69, 9.17) is 0 Å². The molecule has 3 aliphatic rings. The normalized spacial score (nSPS) is 30.5. The minimum absolute atomic E-state index is 0.103. The third-order valence-corrected chi connectivity index (χ3v) is 6.52. The number of carboxylic acids is 1. The van der Waals surface area contributed by atoms with E-state index < -0.39 is 11.4 Å². The van der Waals surface area contributed by atoms with Crippen LogP contribution in [0, 0.1) is 11.3 Å². The molecule has 4 rings (SSSR count). The van der Waals surface area contributed by atoms with Crippen molar-refractivity contribution in [3.63, 3.8) is 0 Å². The Labute approximate surface area is 154 Å². The molecule has 0 aliphatic carbocycles. The molecule has 3 fully saturated rings. The molecule has 1 aromatic rings. The summed E-state index contributed by atoms with van der Waals surface area (Å²) >= 11 is 0. The van der Waals surface area contributed by atoms with Crippen molar-refractivity contribution in [1.82, 2.24) is 14.7 Å². The standard InChI is InChI=1S/C20H27N3O3/c1-21-11-16-12-23(14-20(16,13-21)19(25)26)17-7-9-22(10-8-17)18(24)15-5-3-2-4-6-15/h2-6,16-17H,7-14H2,1H3,(H,25,26)/t16-,20-/m0/s1. The number of benzene rings is 1. The number of rotatable bonds is 3. The van der Waals surface area contributed by atoms with E-state index in [0.29, 0.717) is 19.1 Å². The summed E-state index contributed by atoms with van der Waals surface area (Å²) in [5.41, 5.74) is 0.140. The molecule has 6 nitrogen and oxygen atoms in total. The quantitative estimate of drug-likeness (QED) is 0.882. The van der Waals surface area contributed by atoms with Crippen molar-refractivity contribution in [3.05, 3.63) is 35.9 Å². The molecule has 6 heteroatoms. The number of likely N-dealkylation sites (tertiary alicyclic amines) is 3. The van der Waals surface area contributed by atoms with E-state index >= 15 is 0 Å². The number of aliphatic carboxylic acids is 1. The van der Waals surface area contributed by atoms with E-state index in [0.717, 1.165) is 44.6 Å². The lowest BCUT2D eigenvalue weighted by Gasteiger charge is -2.37. The van der Waals surface area contributed by atoms with Crippen LogP contribution in [-0.4, -0.2) is 84.0 Å². The Bertz CT molecular complexity index is 687. The fourth-order valence-corrected chi connectivity index (χ4v) is 5.13. The van der Waals surface area contributed by atoms with Gasteiger partial charge in [-0.2, -0.15) is 0 Å². The molecule has 0 unspecified atom stereocenters. The first-order valence-electron chi connectivity index (χ1n) is 9.50. The van der Waals surface area contributed by atoms with Crippen molar-refractivity contribution in [1.29, 1.82) is 0 Å². The van der Waals surface area contributed by atoms with Crippen LogP contribution in [-0.2, 0) is 4.79 Å². The molecule has 1 aromatic carbocycles. The van der Waals surface area contributed by atoms with Gasteiger partial charge in [0.05, 0.1) is 5.41 Å². The Morgan fingerprint density at radius 3 is 2.38 bits per heavy atom. The highest BCUT2D eigenvalue weighted by molar-refractivity contribution is 5.94. The maximum absolute atomic E-state index is 12.6. The SMILES string of the molecule is CN1C[C@H]2CN(C3CCN(C(=O)c4ccccc4)CC3)C[C@@]2(C(=O)O)C1. The minimum Gasteiger partial charge on any atom is -0.481 e. The van der Waals surface area contributed by atoms with Gasteiger partial charge >= 0.3 is 5.97 Å². The number of hydrogen-bond acceptors (Lipinski definition) is 4. The molecule has 0 spiro atoms. The third kappa shape index (κ3) is 2.91. The van der Waals surface area contributed by atoms with Crippen molar-refractivity contribution in [2.24, 2.45) is 11.3 Å². The van der Waals surface area contributed by atoms with Gasteiger partial charge in [0.1, 0.15) is 0 Å². The van der Waals surface area contributed by atoms with Gasteiger partial charge in [0.2, 0.25) is 0 Å². The first-order valence-corrected chi connectivity index (χ1v) is 9.50. The molecule has 26 heavy (non-hydrogen) atoms. The van der Waals surface area contributed by atoms with E-state index in [1.165, 1.54) is 0 Å². The summed E-state index contributed by atoms with van der Waals surface area (Å²) in [5, 5.41) is 9.84. The maximum Gasteiger partial charge on any atom is 0.312 e. The van der Waals surface area contributed by atoms with Crippen LogP contribution in [0.15, 0.2) is 30.3 Å². The predicted molar refractivity (Wildman–Crippen MR) is 98.0 cm³/mol. The zero-order chi connectivity index (χ0) is 18.3. The van der Waals surface area contributed by atoms with Gasteiger partial charge in [0.15, 0.2) is 0 Å². The average molecular weight is 357 g/mol. The van der Waals surface area contributed by atoms with Gasteiger partial charge in [0.25, 0.3) is 5.91 Å². The van der Waals surface area contributed by atoms with E-state index in [-0.39, 0.29) is 11.8 Å². The van der Waals surface area contributed by atoms with Crippen molar-refractivity contribution in [2.75, 3.05) is 46.3 Å². The number of amides is 1. The second-order valence-electron chi connectivity index (χ2n) is 8.17. The van der Waals surface area contributed by atoms with Crippen LogP contribution in [0.1, 0.15) is 23.2 Å². The number of piperidine rings is 1. The van der Waals surface area contributed by atoms with Gasteiger partial charge in [-0.3, -0.25) is 14.5 Å². The molecule has 0 saturated carbocycles. The fourth-order valence-electron chi connectivity index (χ4n) is 5.13. The lowest BCUT2D eigenvalue weighted by Crippen LogP contribution is -2.48. The molecule has 0 aromatic heterocycles. The zero-order valence-electron chi connectivity index (χ0n) is 15.3. The Balaban J connectivity index is 1.37. The largest absolute Gasteiger partial charge is 0.481 e. The molecule has 1 N–H and O–H groups in total. The molecule has 3 heterocycles. The van der Waals surface area contributed by atoms with Crippen LogP contribution in [0.25, 0.3) is 0 Å². The Kier molecular flexibility index (Phi) is 4.49. The van der Waals surface area contributed by atoms with Gasteiger partial charge in [0, 0.05) is 56.8 Å². The minimum atomic E-state index is -0.647. The van der Waals surface area contributed by atoms with Crippen molar-refractivity contribution >= 4 is 11.9 Å². The van der Waals surface area contributed by atoms with Crippen LogP contribution in [0.5, 0.6) is 0 Å². The predicted octanol–water partition coefficient (Wildman–Crippen LogP) is 1.24. The van der Waals surface area contributed by atoms with Crippen LogP contribution < -0.4 is 0 Å². The van der Waals surface area contributed by atoms with Crippen LogP contribution in [0.2, 0.25) is 0 Å². The smallest absolute Gasteiger partial charge is 0.312 e. The summed E-state index contributed by atoms with van der Waals surface area (Å²) in [4.78, 5) is 31.0. The summed E-state index contributed by atoms with van der Waals surface area (Å²) in [6.07, 6.45) is 1.85. The summed E-state index contributed by atoms with van der Waals surface area (Å²) < 4.78 is 0. The molecule has 3 saturated heterocycles. The number of carboxylic acid groups (broad SMARTS) is 1. The fraction of sp³-hybridized carbons (Fsp3) is 0.600. The number of fused-ring (bicyclic) bond motifs is 1. The van der Waals surface area contributed by atoms with E-state index in [2.05, 4.69) is 9.80 Å². The highest BCUT2D eigenvalue weighted by Gasteiger charge is 2.57. The number of hydrogen-bond donors (Lipinski definition) is 1. The molecule has 0 bridgehead atoms.